The van der Waals surface area contributed by atoms with Crippen LogP contribution in [0.15, 0.2) is 54.6 Å². The van der Waals surface area contributed by atoms with Crippen LogP contribution in [0.25, 0.3) is 0 Å². The summed E-state index contributed by atoms with van der Waals surface area (Å²) in [5.74, 6) is -0.324. The van der Waals surface area contributed by atoms with Gasteiger partial charge in [0.15, 0.2) is 0 Å². The van der Waals surface area contributed by atoms with Crippen molar-refractivity contribution in [2.24, 2.45) is 0 Å². The first kappa shape index (κ1) is 22.1. The molecule has 9 heteroatoms. The van der Waals surface area contributed by atoms with E-state index in [1.165, 1.54) is 11.8 Å². The molecule has 1 aliphatic heterocycles. The number of anilines is 1. The van der Waals surface area contributed by atoms with Crippen molar-refractivity contribution in [1.82, 2.24) is 16.0 Å². The Kier molecular flexibility index (Phi) is 8.12. The van der Waals surface area contributed by atoms with Gasteiger partial charge in [-0.3, -0.25) is 19.7 Å². The van der Waals surface area contributed by atoms with Crippen LogP contribution in [-0.4, -0.2) is 35.0 Å². The fourth-order valence-electron chi connectivity index (χ4n) is 2.95. The van der Waals surface area contributed by atoms with E-state index in [1.54, 1.807) is 24.3 Å². The largest absolute Gasteiger partial charge is 0.352 e. The first-order valence-corrected chi connectivity index (χ1v) is 10.9. The molecule has 3 amide bonds. The number of thioether (sulfide) groups is 1. The summed E-state index contributed by atoms with van der Waals surface area (Å²) in [6.45, 7) is 0.446. The van der Waals surface area contributed by atoms with Gasteiger partial charge < -0.3 is 16.0 Å². The maximum Gasteiger partial charge on any atom is 0.234 e. The summed E-state index contributed by atoms with van der Waals surface area (Å²) in [6.07, 6.45) is 0.404. The molecule has 30 heavy (non-hydrogen) atoms. The van der Waals surface area contributed by atoms with Crippen molar-refractivity contribution >= 4 is 46.8 Å². The van der Waals surface area contributed by atoms with Crippen molar-refractivity contribution in [3.05, 3.63) is 65.2 Å². The average Bonchev–Trinajstić information content (AvgIpc) is 2.73. The molecular formula is C21H23ClN4O3S. The van der Waals surface area contributed by atoms with Crippen molar-refractivity contribution in [1.29, 1.82) is 0 Å². The number of nitrogens with one attached hydrogen (secondary N) is 4. The Bertz CT molecular complexity index is 880. The van der Waals surface area contributed by atoms with E-state index in [9.17, 15) is 14.4 Å². The molecule has 0 spiro atoms. The molecule has 2 unspecified atom stereocenters. The van der Waals surface area contributed by atoms with Gasteiger partial charge in [-0.1, -0.05) is 41.9 Å². The minimum absolute atomic E-state index is 0.129. The van der Waals surface area contributed by atoms with Crippen LogP contribution in [0.2, 0.25) is 5.02 Å². The Hall–Kier alpha value is -2.55. The van der Waals surface area contributed by atoms with Crippen LogP contribution >= 0.6 is 23.4 Å². The van der Waals surface area contributed by atoms with Crippen LogP contribution in [0, 0.1) is 0 Å². The number of halogens is 1. The lowest BCUT2D eigenvalue weighted by Crippen LogP contribution is -2.56. The third kappa shape index (κ3) is 7.37. The van der Waals surface area contributed by atoms with Crippen molar-refractivity contribution in [2.75, 3.05) is 11.1 Å². The Balaban J connectivity index is 1.41. The van der Waals surface area contributed by atoms with Crippen LogP contribution in [0.5, 0.6) is 0 Å². The molecule has 1 saturated heterocycles. The molecular weight excluding hydrogens is 424 g/mol. The van der Waals surface area contributed by atoms with E-state index in [0.717, 1.165) is 5.56 Å². The van der Waals surface area contributed by atoms with Gasteiger partial charge in [-0.15, -0.1) is 11.8 Å². The van der Waals surface area contributed by atoms with Crippen molar-refractivity contribution in [3.63, 3.8) is 0 Å². The van der Waals surface area contributed by atoms with E-state index in [0.29, 0.717) is 17.3 Å². The van der Waals surface area contributed by atoms with Gasteiger partial charge in [-0.25, -0.2) is 0 Å². The van der Waals surface area contributed by atoms with Crippen LogP contribution in [-0.2, 0) is 20.9 Å². The van der Waals surface area contributed by atoms with Crippen molar-refractivity contribution in [3.8, 4) is 0 Å². The van der Waals surface area contributed by atoms with Gasteiger partial charge in [0.2, 0.25) is 17.7 Å². The predicted octanol–water partition coefficient (Wildman–Crippen LogP) is 2.48. The van der Waals surface area contributed by atoms with Crippen molar-refractivity contribution < 1.29 is 14.4 Å². The van der Waals surface area contributed by atoms with Gasteiger partial charge in [0.25, 0.3) is 0 Å². The first-order chi connectivity index (χ1) is 14.5. The fraction of sp³-hybridized carbons (Fsp3) is 0.286. The van der Waals surface area contributed by atoms with Gasteiger partial charge >= 0.3 is 0 Å². The van der Waals surface area contributed by atoms with Gasteiger partial charge in [-0.05, 0) is 29.8 Å². The number of hydrogen-bond acceptors (Lipinski definition) is 5. The minimum atomic E-state index is -0.436. The number of amides is 3. The van der Waals surface area contributed by atoms with E-state index in [4.69, 9.17) is 11.6 Å². The maximum absolute atomic E-state index is 12.2. The summed E-state index contributed by atoms with van der Waals surface area (Å²) < 4.78 is 0. The van der Waals surface area contributed by atoms with Gasteiger partial charge in [0.1, 0.15) is 5.50 Å². The fourth-order valence-corrected chi connectivity index (χ4v) is 3.97. The molecule has 2 atom stereocenters. The highest BCUT2D eigenvalue weighted by Gasteiger charge is 2.28. The van der Waals surface area contributed by atoms with Crippen LogP contribution < -0.4 is 21.3 Å². The number of carbonyl (C=O) groups is 3. The standard InChI is InChI=1S/C21H23ClN4O3S/c22-15-6-8-16(9-7-15)24-20(29)13-30-21-25-17(11-19(28)26-21)10-18(27)23-12-14-4-2-1-3-5-14/h1-9,17,21,25H,10-13H2,(H,23,27)(H,24,29)(H,26,28). The number of hydrogen-bond donors (Lipinski definition) is 4. The zero-order valence-corrected chi connectivity index (χ0v) is 17.8. The Labute approximate surface area is 184 Å². The molecule has 4 N–H and O–H groups in total. The van der Waals surface area contributed by atoms with Crippen LogP contribution in [0.3, 0.4) is 0 Å². The molecule has 0 radical (unpaired) electrons. The number of carbonyl (C=O) groups excluding carboxylic acids is 3. The molecule has 7 nitrogen and oxygen atoms in total. The smallest absolute Gasteiger partial charge is 0.234 e. The molecule has 0 aromatic heterocycles. The normalized spacial score (nSPS) is 18.4. The molecule has 1 aliphatic rings. The molecule has 2 aromatic carbocycles. The Morgan fingerprint density at radius 3 is 2.53 bits per heavy atom. The second kappa shape index (κ2) is 11.0. The Morgan fingerprint density at radius 1 is 1.07 bits per heavy atom. The van der Waals surface area contributed by atoms with Crippen LogP contribution in [0.4, 0.5) is 5.69 Å². The SMILES string of the molecule is O=C(CC1CC(=O)NC(SCC(=O)Nc2ccc(Cl)cc2)N1)NCc1ccccc1. The lowest BCUT2D eigenvalue weighted by atomic mass is 10.1. The lowest BCUT2D eigenvalue weighted by Gasteiger charge is -2.30. The zero-order chi connectivity index (χ0) is 21.3. The van der Waals surface area contributed by atoms with Gasteiger partial charge in [0.05, 0.1) is 5.75 Å². The molecule has 1 heterocycles. The molecule has 0 aliphatic carbocycles. The minimum Gasteiger partial charge on any atom is -0.352 e. The molecule has 2 aromatic rings. The average molecular weight is 447 g/mol. The third-order valence-corrected chi connectivity index (χ3v) is 5.65. The summed E-state index contributed by atoms with van der Waals surface area (Å²) in [5, 5.41) is 12.2. The monoisotopic (exact) mass is 446 g/mol. The summed E-state index contributed by atoms with van der Waals surface area (Å²) in [4.78, 5) is 36.4. The first-order valence-electron chi connectivity index (χ1n) is 9.51. The summed E-state index contributed by atoms with van der Waals surface area (Å²) in [7, 11) is 0. The van der Waals surface area contributed by atoms with Crippen molar-refractivity contribution in [2.45, 2.75) is 30.9 Å². The number of rotatable bonds is 8. The van der Waals surface area contributed by atoms with E-state index in [-0.39, 0.29) is 42.4 Å². The summed E-state index contributed by atoms with van der Waals surface area (Å²) in [5.41, 5.74) is 1.23. The summed E-state index contributed by atoms with van der Waals surface area (Å²) in [6, 6.07) is 16.2. The third-order valence-electron chi connectivity index (χ3n) is 4.38. The second-order valence-corrected chi connectivity index (χ2v) is 8.38. The topological polar surface area (TPSA) is 99.3 Å². The maximum atomic E-state index is 12.2. The highest BCUT2D eigenvalue weighted by molar-refractivity contribution is 8.00. The van der Waals surface area contributed by atoms with Gasteiger partial charge in [-0.2, -0.15) is 0 Å². The molecule has 158 valence electrons. The quantitative estimate of drug-likeness (QED) is 0.499. The highest BCUT2D eigenvalue weighted by Crippen LogP contribution is 2.16. The molecule has 1 fully saturated rings. The highest BCUT2D eigenvalue weighted by atomic mass is 35.5. The van der Waals surface area contributed by atoms with E-state index in [1.807, 2.05) is 30.3 Å². The lowest BCUT2D eigenvalue weighted by molar-refractivity contribution is -0.125. The second-order valence-electron chi connectivity index (χ2n) is 6.85. The summed E-state index contributed by atoms with van der Waals surface area (Å²) >= 11 is 7.09. The predicted molar refractivity (Wildman–Crippen MR) is 119 cm³/mol. The molecule has 0 saturated carbocycles. The molecule has 3 rings (SSSR count). The van der Waals surface area contributed by atoms with E-state index >= 15 is 0 Å². The van der Waals surface area contributed by atoms with Crippen LogP contribution in [0.1, 0.15) is 18.4 Å². The molecule has 0 bridgehead atoms. The Morgan fingerprint density at radius 2 is 1.80 bits per heavy atom. The zero-order valence-electron chi connectivity index (χ0n) is 16.2. The van der Waals surface area contributed by atoms with E-state index in [2.05, 4.69) is 21.3 Å². The number of benzene rings is 2. The van der Waals surface area contributed by atoms with E-state index < -0.39 is 5.50 Å². The van der Waals surface area contributed by atoms with Gasteiger partial charge in [0, 0.05) is 36.1 Å².